The molecule has 0 saturated carbocycles. The highest BCUT2D eigenvalue weighted by molar-refractivity contribution is 14.0. The maximum atomic E-state index is 12.3. The number of carbonyl (C=O) groups excluding carboxylic acids is 1. The number of guanidine groups is 1. The largest absolute Gasteiger partial charge is 0.356 e. The number of likely N-dealkylation sites (tertiary alicyclic amines) is 1. The molecule has 8 heteroatoms. The SMILES string of the molecule is CN=C(NCC(C)c1ccsc1)N1CCN(CC(=O)N2CCCC2)CC1.I. The monoisotopic (exact) mass is 505 g/mol. The van der Waals surface area contributed by atoms with Gasteiger partial charge in [0.15, 0.2) is 5.96 Å². The summed E-state index contributed by atoms with van der Waals surface area (Å²) in [5, 5.41) is 7.86. The molecule has 152 valence electrons. The van der Waals surface area contributed by atoms with Gasteiger partial charge >= 0.3 is 0 Å². The number of halogens is 1. The van der Waals surface area contributed by atoms with Gasteiger partial charge in [-0.05, 0) is 41.1 Å². The standard InChI is InChI=1S/C19H31N5OS.HI/c1-16(17-5-12-26-15-17)13-21-19(20-2)24-10-8-22(9-11-24)14-18(25)23-6-3-4-7-23;/h5,12,15-16H,3-4,6-11,13-14H2,1-2H3,(H,20,21);1H. The van der Waals surface area contributed by atoms with Crippen molar-refractivity contribution in [3.05, 3.63) is 22.4 Å². The fraction of sp³-hybridized carbons (Fsp3) is 0.684. The van der Waals surface area contributed by atoms with Gasteiger partial charge in [0.25, 0.3) is 0 Å². The van der Waals surface area contributed by atoms with E-state index in [9.17, 15) is 4.79 Å². The average Bonchev–Trinajstić information content (AvgIpc) is 3.37. The van der Waals surface area contributed by atoms with Gasteiger partial charge in [0.05, 0.1) is 6.54 Å². The molecule has 1 aromatic rings. The highest BCUT2D eigenvalue weighted by Crippen LogP contribution is 2.17. The number of nitrogens with zero attached hydrogens (tertiary/aromatic N) is 4. The third-order valence-electron chi connectivity index (χ3n) is 5.38. The molecular formula is C19H32IN5OS. The minimum absolute atomic E-state index is 0. The quantitative estimate of drug-likeness (QED) is 0.379. The van der Waals surface area contributed by atoms with E-state index in [0.29, 0.717) is 18.4 Å². The molecule has 2 aliphatic heterocycles. The minimum Gasteiger partial charge on any atom is -0.356 e. The molecule has 1 N–H and O–H groups in total. The van der Waals surface area contributed by atoms with Crippen LogP contribution in [0.2, 0.25) is 0 Å². The van der Waals surface area contributed by atoms with Gasteiger partial charge < -0.3 is 15.1 Å². The Bertz CT molecular complexity index is 595. The van der Waals surface area contributed by atoms with Crippen LogP contribution in [0.15, 0.2) is 21.8 Å². The highest BCUT2D eigenvalue weighted by Gasteiger charge is 2.24. The number of thiophene rings is 1. The molecule has 0 aromatic carbocycles. The van der Waals surface area contributed by atoms with Gasteiger partial charge in [0.2, 0.25) is 5.91 Å². The molecule has 1 amide bonds. The molecule has 1 aromatic heterocycles. The molecule has 0 aliphatic carbocycles. The fourth-order valence-corrected chi connectivity index (χ4v) is 4.41. The Hall–Kier alpha value is -0.870. The van der Waals surface area contributed by atoms with E-state index in [1.54, 1.807) is 11.3 Å². The first-order valence-electron chi connectivity index (χ1n) is 9.65. The lowest BCUT2D eigenvalue weighted by molar-refractivity contribution is -0.131. The van der Waals surface area contributed by atoms with Crippen LogP contribution in [0.3, 0.4) is 0 Å². The van der Waals surface area contributed by atoms with Crippen LogP contribution in [0.4, 0.5) is 0 Å². The van der Waals surface area contributed by atoms with Gasteiger partial charge in [-0.15, -0.1) is 24.0 Å². The lowest BCUT2D eigenvalue weighted by atomic mass is 10.1. The van der Waals surface area contributed by atoms with E-state index >= 15 is 0 Å². The normalized spacial score (nSPS) is 19.7. The molecule has 1 unspecified atom stereocenters. The molecule has 2 saturated heterocycles. The maximum absolute atomic E-state index is 12.3. The van der Waals surface area contributed by atoms with Gasteiger partial charge in [-0.1, -0.05) is 6.92 Å². The summed E-state index contributed by atoms with van der Waals surface area (Å²) in [6, 6.07) is 2.19. The van der Waals surface area contributed by atoms with Crippen LogP contribution in [0.1, 0.15) is 31.2 Å². The van der Waals surface area contributed by atoms with Gasteiger partial charge in [0, 0.05) is 52.9 Å². The summed E-state index contributed by atoms with van der Waals surface area (Å²) < 4.78 is 0. The fourth-order valence-electron chi connectivity index (χ4n) is 3.63. The summed E-state index contributed by atoms with van der Waals surface area (Å²) in [4.78, 5) is 23.4. The highest BCUT2D eigenvalue weighted by atomic mass is 127. The lowest BCUT2D eigenvalue weighted by Crippen LogP contribution is -2.54. The van der Waals surface area contributed by atoms with E-state index in [2.05, 4.69) is 43.9 Å². The number of rotatable bonds is 5. The van der Waals surface area contributed by atoms with Gasteiger partial charge in [-0.2, -0.15) is 11.3 Å². The predicted octanol–water partition coefficient (Wildman–Crippen LogP) is 2.29. The number of nitrogens with one attached hydrogen (secondary N) is 1. The molecule has 3 rings (SSSR count). The third-order valence-corrected chi connectivity index (χ3v) is 6.08. The second-order valence-electron chi connectivity index (χ2n) is 7.24. The Kier molecular flexibility index (Phi) is 9.31. The Balaban J connectivity index is 0.00000261. The van der Waals surface area contributed by atoms with Gasteiger partial charge in [0.1, 0.15) is 0 Å². The zero-order valence-corrected chi connectivity index (χ0v) is 19.5. The molecular weight excluding hydrogens is 473 g/mol. The van der Waals surface area contributed by atoms with Crippen LogP contribution < -0.4 is 5.32 Å². The lowest BCUT2D eigenvalue weighted by Gasteiger charge is -2.36. The first-order valence-corrected chi connectivity index (χ1v) is 10.6. The molecule has 2 fully saturated rings. The first-order chi connectivity index (χ1) is 12.7. The summed E-state index contributed by atoms with van der Waals surface area (Å²) in [6.07, 6.45) is 2.32. The molecule has 2 aliphatic rings. The van der Waals surface area contributed by atoms with E-state index in [0.717, 1.165) is 64.6 Å². The number of hydrogen-bond acceptors (Lipinski definition) is 4. The van der Waals surface area contributed by atoms with E-state index in [-0.39, 0.29) is 24.0 Å². The summed E-state index contributed by atoms with van der Waals surface area (Å²) in [6.45, 7) is 9.24. The zero-order valence-electron chi connectivity index (χ0n) is 16.4. The van der Waals surface area contributed by atoms with Crippen molar-refractivity contribution in [1.82, 2.24) is 20.0 Å². The summed E-state index contributed by atoms with van der Waals surface area (Å²) in [5.41, 5.74) is 1.38. The van der Waals surface area contributed by atoms with Crippen LogP contribution in [0, 0.1) is 0 Å². The van der Waals surface area contributed by atoms with Gasteiger partial charge in [-0.3, -0.25) is 14.7 Å². The van der Waals surface area contributed by atoms with Crippen LogP contribution in [-0.4, -0.2) is 86.0 Å². The van der Waals surface area contributed by atoms with Crippen molar-refractivity contribution in [3.8, 4) is 0 Å². The van der Waals surface area contributed by atoms with Crippen LogP contribution in [-0.2, 0) is 4.79 Å². The first kappa shape index (κ1) is 22.4. The van der Waals surface area contributed by atoms with Crippen molar-refractivity contribution in [3.63, 3.8) is 0 Å². The molecule has 0 spiro atoms. The van der Waals surface area contributed by atoms with E-state index in [1.807, 2.05) is 11.9 Å². The second-order valence-corrected chi connectivity index (χ2v) is 8.02. The summed E-state index contributed by atoms with van der Waals surface area (Å²) in [7, 11) is 1.85. The van der Waals surface area contributed by atoms with Crippen LogP contribution >= 0.6 is 35.3 Å². The second kappa shape index (κ2) is 11.2. The summed E-state index contributed by atoms with van der Waals surface area (Å²) >= 11 is 1.75. The number of amides is 1. The van der Waals surface area contributed by atoms with E-state index < -0.39 is 0 Å². The Morgan fingerprint density at radius 1 is 1.19 bits per heavy atom. The molecule has 3 heterocycles. The third kappa shape index (κ3) is 6.32. The Morgan fingerprint density at radius 3 is 2.48 bits per heavy atom. The number of piperazine rings is 1. The number of aliphatic imine (C=N–C) groups is 1. The molecule has 1 atom stereocenters. The molecule has 27 heavy (non-hydrogen) atoms. The maximum Gasteiger partial charge on any atom is 0.236 e. The predicted molar refractivity (Wildman–Crippen MR) is 123 cm³/mol. The van der Waals surface area contributed by atoms with Crippen LogP contribution in [0.25, 0.3) is 0 Å². The van der Waals surface area contributed by atoms with Crippen LogP contribution in [0.5, 0.6) is 0 Å². The number of hydrogen-bond donors (Lipinski definition) is 1. The Labute approximate surface area is 184 Å². The van der Waals surface area contributed by atoms with E-state index in [1.165, 1.54) is 5.56 Å². The average molecular weight is 505 g/mol. The van der Waals surface area contributed by atoms with Crippen molar-refractivity contribution in [1.29, 1.82) is 0 Å². The zero-order chi connectivity index (χ0) is 18.4. The minimum atomic E-state index is 0. The van der Waals surface area contributed by atoms with Gasteiger partial charge in [-0.25, -0.2) is 0 Å². The molecule has 0 bridgehead atoms. The molecule has 6 nitrogen and oxygen atoms in total. The summed E-state index contributed by atoms with van der Waals surface area (Å²) in [5.74, 6) is 1.73. The van der Waals surface area contributed by atoms with Crippen molar-refractivity contribution in [2.75, 3.05) is 59.4 Å². The Morgan fingerprint density at radius 2 is 1.89 bits per heavy atom. The van der Waals surface area contributed by atoms with Crippen molar-refractivity contribution in [2.24, 2.45) is 4.99 Å². The topological polar surface area (TPSA) is 51.2 Å². The number of carbonyl (C=O) groups is 1. The smallest absolute Gasteiger partial charge is 0.236 e. The van der Waals surface area contributed by atoms with Crippen molar-refractivity contribution >= 4 is 47.2 Å². The molecule has 0 radical (unpaired) electrons. The van der Waals surface area contributed by atoms with E-state index in [4.69, 9.17) is 0 Å². The van der Waals surface area contributed by atoms with Crippen molar-refractivity contribution in [2.45, 2.75) is 25.7 Å². The van der Waals surface area contributed by atoms with Crippen molar-refractivity contribution < 1.29 is 4.79 Å².